The van der Waals surface area contributed by atoms with Gasteiger partial charge in [0.1, 0.15) is 5.67 Å². The highest BCUT2D eigenvalue weighted by Gasteiger charge is 2.41. The van der Waals surface area contributed by atoms with Crippen molar-refractivity contribution >= 4 is 6.21 Å². The monoisotopic (exact) mass is 172 g/mol. The Kier molecular flexibility index (Phi) is 2.00. The Labute approximate surface area is 71.2 Å². The van der Waals surface area contributed by atoms with E-state index in [1.54, 1.807) is 0 Å². The van der Waals surface area contributed by atoms with Crippen molar-refractivity contribution in [1.82, 2.24) is 5.01 Å². The van der Waals surface area contributed by atoms with Crippen molar-refractivity contribution in [2.75, 3.05) is 26.3 Å². The first-order valence-electron chi connectivity index (χ1n) is 4.35. The molecule has 0 aromatic heterocycles. The maximum Gasteiger partial charge on any atom is 0.147 e. The lowest BCUT2D eigenvalue weighted by Crippen LogP contribution is -2.32. The molecule has 0 N–H and O–H groups in total. The van der Waals surface area contributed by atoms with Gasteiger partial charge in [-0.25, -0.2) is 4.39 Å². The van der Waals surface area contributed by atoms with Gasteiger partial charge < -0.3 is 4.74 Å². The molecule has 0 aromatic rings. The minimum Gasteiger partial charge on any atom is -0.378 e. The molecule has 1 saturated heterocycles. The van der Waals surface area contributed by atoms with Crippen molar-refractivity contribution in [2.24, 2.45) is 5.10 Å². The molecule has 2 aliphatic rings. The molecule has 4 heteroatoms. The van der Waals surface area contributed by atoms with Gasteiger partial charge in [0.15, 0.2) is 0 Å². The highest BCUT2D eigenvalue weighted by molar-refractivity contribution is 5.72. The standard InChI is InChI=1S/C8H13FN2O/c9-8(1-2-8)7-10-11-3-5-12-6-4-11/h7H,1-6H2/b10-7+. The van der Waals surface area contributed by atoms with E-state index in [-0.39, 0.29) is 0 Å². The van der Waals surface area contributed by atoms with E-state index in [1.807, 2.05) is 5.01 Å². The zero-order chi connectivity index (χ0) is 8.44. The number of hydrazone groups is 1. The van der Waals surface area contributed by atoms with E-state index < -0.39 is 5.67 Å². The van der Waals surface area contributed by atoms with E-state index in [0.717, 1.165) is 13.1 Å². The van der Waals surface area contributed by atoms with Crippen LogP contribution in [0, 0.1) is 0 Å². The number of morpholine rings is 1. The van der Waals surface area contributed by atoms with Gasteiger partial charge in [0.05, 0.1) is 32.5 Å². The van der Waals surface area contributed by atoms with Gasteiger partial charge in [-0.3, -0.25) is 5.01 Å². The molecule has 0 spiro atoms. The first-order valence-corrected chi connectivity index (χ1v) is 4.35. The summed E-state index contributed by atoms with van der Waals surface area (Å²) in [6.45, 7) is 2.98. The van der Waals surface area contributed by atoms with Gasteiger partial charge in [-0.1, -0.05) is 0 Å². The van der Waals surface area contributed by atoms with Crippen molar-refractivity contribution in [2.45, 2.75) is 18.5 Å². The zero-order valence-corrected chi connectivity index (χ0v) is 7.00. The predicted octanol–water partition coefficient (Wildman–Crippen LogP) is 0.806. The second-order valence-electron chi connectivity index (χ2n) is 3.35. The Morgan fingerprint density at radius 1 is 1.33 bits per heavy atom. The van der Waals surface area contributed by atoms with Gasteiger partial charge in [-0.05, 0) is 12.8 Å². The first-order chi connectivity index (χ1) is 5.79. The van der Waals surface area contributed by atoms with Crippen LogP contribution >= 0.6 is 0 Å². The number of halogens is 1. The number of nitrogens with zero attached hydrogens (tertiary/aromatic N) is 2. The second kappa shape index (κ2) is 3.01. The van der Waals surface area contributed by atoms with Crippen LogP contribution in [0.1, 0.15) is 12.8 Å². The fourth-order valence-electron chi connectivity index (χ4n) is 1.10. The van der Waals surface area contributed by atoms with Gasteiger partial charge in [-0.2, -0.15) is 5.10 Å². The average Bonchev–Trinajstić information content (AvgIpc) is 2.84. The molecule has 0 unspecified atom stereocenters. The molecule has 0 aromatic carbocycles. The molecule has 1 aliphatic heterocycles. The van der Waals surface area contributed by atoms with Crippen LogP contribution in [0.3, 0.4) is 0 Å². The summed E-state index contributed by atoms with van der Waals surface area (Å²) in [5.41, 5.74) is -1.07. The van der Waals surface area contributed by atoms with Crippen LogP contribution in [0.4, 0.5) is 4.39 Å². The average molecular weight is 172 g/mol. The Bertz CT molecular complexity index is 185. The third-order valence-corrected chi connectivity index (χ3v) is 2.17. The summed E-state index contributed by atoms with van der Waals surface area (Å²) in [7, 11) is 0. The maximum atomic E-state index is 13.0. The zero-order valence-electron chi connectivity index (χ0n) is 7.00. The number of hydrogen-bond acceptors (Lipinski definition) is 3. The topological polar surface area (TPSA) is 24.8 Å². The van der Waals surface area contributed by atoms with E-state index >= 15 is 0 Å². The van der Waals surface area contributed by atoms with E-state index in [9.17, 15) is 4.39 Å². The summed E-state index contributed by atoms with van der Waals surface area (Å²) in [6, 6.07) is 0. The summed E-state index contributed by atoms with van der Waals surface area (Å²) < 4.78 is 18.2. The molecular weight excluding hydrogens is 159 g/mol. The fraction of sp³-hybridized carbons (Fsp3) is 0.875. The van der Waals surface area contributed by atoms with Crippen LogP contribution in [-0.4, -0.2) is 43.2 Å². The predicted molar refractivity (Wildman–Crippen MR) is 44.0 cm³/mol. The lowest BCUT2D eigenvalue weighted by atomic mass is 10.4. The van der Waals surface area contributed by atoms with Gasteiger partial charge in [-0.15, -0.1) is 0 Å². The van der Waals surface area contributed by atoms with Crippen LogP contribution < -0.4 is 0 Å². The van der Waals surface area contributed by atoms with E-state index in [0.29, 0.717) is 26.1 Å². The molecule has 0 bridgehead atoms. The largest absolute Gasteiger partial charge is 0.378 e. The third kappa shape index (κ3) is 1.94. The summed E-state index contributed by atoms with van der Waals surface area (Å²) in [6.07, 6.45) is 2.72. The summed E-state index contributed by atoms with van der Waals surface area (Å²) in [5, 5.41) is 5.93. The van der Waals surface area contributed by atoms with Crippen molar-refractivity contribution in [3.8, 4) is 0 Å². The highest BCUT2D eigenvalue weighted by atomic mass is 19.1. The smallest absolute Gasteiger partial charge is 0.147 e. The maximum absolute atomic E-state index is 13.0. The molecule has 68 valence electrons. The van der Waals surface area contributed by atoms with E-state index in [1.165, 1.54) is 6.21 Å². The lowest BCUT2D eigenvalue weighted by molar-refractivity contribution is 0.0392. The molecule has 2 rings (SSSR count). The molecule has 3 nitrogen and oxygen atoms in total. The molecule has 2 fully saturated rings. The molecule has 0 atom stereocenters. The van der Waals surface area contributed by atoms with Crippen molar-refractivity contribution in [1.29, 1.82) is 0 Å². The van der Waals surface area contributed by atoms with Crippen molar-refractivity contribution in [3.63, 3.8) is 0 Å². The molecule has 0 radical (unpaired) electrons. The third-order valence-electron chi connectivity index (χ3n) is 2.17. The van der Waals surface area contributed by atoms with Crippen molar-refractivity contribution < 1.29 is 9.13 Å². The van der Waals surface area contributed by atoms with Gasteiger partial charge in [0.2, 0.25) is 0 Å². The van der Waals surface area contributed by atoms with Crippen LogP contribution in [-0.2, 0) is 4.74 Å². The molecule has 1 heterocycles. The van der Waals surface area contributed by atoms with E-state index in [2.05, 4.69) is 5.10 Å². The van der Waals surface area contributed by atoms with Crippen molar-refractivity contribution in [3.05, 3.63) is 0 Å². The minimum atomic E-state index is -1.07. The first kappa shape index (κ1) is 7.98. The number of ether oxygens (including phenoxy) is 1. The minimum absolute atomic E-state index is 0.640. The number of hydrogen-bond donors (Lipinski definition) is 0. The van der Waals surface area contributed by atoms with Crippen LogP contribution in [0.2, 0.25) is 0 Å². The van der Waals surface area contributed by atoms with Gasteiger partial charge >= 0.3 is 0 Å². The second-order valence-corrected chi connectivity index (χ2v) is 3.35. The van der Waals surface area contributed by atoms with Crippen LogP contribution in [0.25, 0.3) is 0 Å². The Balaban J connectivity index is 1.80. The molecule has 12 heavy (non-hydrogen) atoms. The summed E-state index contributed by atoms with van der Waals surface area (Å²) in [4.78, 5) is 0. The Morgan fingerprint density at radius 3 is 2.58 bits per heavy atom. The normalized spacial score (nSPS) is 27.9. The highest BCUT2D eigenvalue weighted by Crippen LogP contribution is 2.37. The summed E-state index contributed by atoms with van der Waals surface area (Å²) >= 11 is 0. The van der Waals surface area contributed by atoms with Gasteiger partial charge in [0.25, 0.3) is 0 Å². The molecule has 1 saturated carbocycles. The quantitative estimate of drug-likeness (QED) is 0.576. The van der Waals surface area contributed by atoms with Gasteiger partial charge in [0, 0.05) is 0 Å². The summed E-state index contributed by atoms with van der Waals surface area (Å²) in [5.74, 6) is 0. The molecular formula is C8H13FN2O. The molecule has 1 aliphatic carbocycles. The lowest BCUT2D eigenvalue weighted by Gasteiger charge is -2.23. The van der Waals surface area contributed by atoms with Crippen LogP contribution in [0.5, 0.6) is 0 Å². The Morgan fingerprint density at radius 2 is 2.00 bits per heavy atom. The number of rotatable bonds is 2. The SMILES string of the molecule is FC1(/C=N/N2CCOCC2)CC1. The Hall–Kier alpha value is -0.640. The fourth-order valence-corrected chi connectivity index (χ4v) is 1.10. The number of alkyl halides is 1. The molecule has 0 amide bonds. The van der Waals surface area contributed by atoms with Crippen LogP contribution in [0.15, 0.2) is 5.10 Å². The van der Waals surface area contributed by atoms with E-state index in [4.69, 9.17) is 4.74 Å².